The fraction of sp³-hybridized carbons (Fsp3) is 0.148. The van der Waals surface area contributed by atoms with Crippen LogP contribution in [0.3, 0.4) is 0 Å². The van der Waals surface area contributed by atoms with E-state index in [1.807, 2.05) is 12.1 Å². The lowest BCUT2D eigenvalue weighted by atomic mass is 9.88. The summed E-state index contributed by atoms with van der Waals surface area (Å²) >= 11 is 1.38. The number of rotatable bonds is 7. The van der Waals surface area contributed by atoms with Crippen LogP contribution < -0.4 is 5.32 Å². The first-order valence-electron chi connectivity index (χ1n) is 11.1. The van der Waals surface area contributed by atoms with Crippen molar-refractivity contribution in [1.82, 2.24) is 0 Å². The number of ether oxygens (including phenoxy) is 1. The number of esters is 1. The number of benzene rings is 3. The summed E-state index contributed by atoms with van der Waals surface area (Å²) < 4.78 is 104. The van der Waals surface area contributed by atoms with E-state index in [1.165, 1.54) is 54.7 Å². The smallest absolute Gasteiger partial charge is 0.422 e. The maximum absolute atomic E-state index is 14.9. The van der Waals surface area contributed by atoms with Crippen LogP contribution in [0.4, 0.5) is 36.4 Å². The number of alkyl halides is 3. The minimum Gasteiger partial charge on any atom is -0.464 e. The lowest BCUT2D eigenvalue weighted by molar-refractivity contribution is -0.147. The van der Waals surface area contributed by atoms with Crippen molar-refractivity contribution in [2.24, 2.45) is 0 Å². The van der Waals surface area contributed by atoms with Crippen LogP contribution in [-0.4, -0.2) is 12.6 Å². The molecule has 4 rings (SSSR count). The van der Waals surface area contributed by atoms with Gasteiger partial charge in [0.25, 0.3) is 0 Å². The van der Waals surface area contributed by atoms with E-state index in [-0.39, 0.29) is 12.2 Å². The van der Waals surface area contributed by atoms with Gasteiger partial charge in [-0.2, -0.15) is 13.2 Å². The van der Waals surface area contributed by atoms with Crippen molar-refractivity contribution in [2.75, 3.05) is 11.9 Å². The van der Waals surface area contributed by atoms with Crippen molar-refractivity contribution in [1.29, 1.82) is 0 Å². The average Bonchev–Trinajstić information content (AvgIpc) is 3.30. The Morgan fingerprint density at radius 2 is 1.53 bits per heavy atom. The maximum Gasteiger partial charge on any atom is 0.422 e. The van der Waals surface area contributed by atoms with Gasteiger partial charge in [-0.25, -0.2) is 22.4 Å². The molecule has 1 atom stereocenters. The van der Waals surface area contributed by atoms with Crippen LogP contribution in [0.5, 0.6) is 0 Å². The third-order valence-corrected chi connectivity index (χ3v) is 6.70. The monoisotopic (exact) mass is 553 g/mol. The molecule has 3 aromatic carbocycles. The first-order chi connectivity index (χ1) is 18.0. The van der Waals surface area contributed by atoms with Crippen LogP contribution in [-0.2, 0) is 21.2 Å². The minimum atomic E-state index is -5.72. The van der Waals surface area contributed by atoms with Crippen LogP contribution in [0.15, 0.2) is 66.1 Å². The lowest BCUT2D eigenvalue weighted by Gasteiger charge is -2.32. The Balaban J connectivity index is 1.97. The number of hydrogen-bond donors (Lipinski definition) is 1. The molecule has 0 spiro atoms. The quantitative estimate of drug-likeness (QED) is 0.143. The highest BCUT2D eigenvalue weighted by molar-refractivity contribution is 7.17. The molecule has 0 saturated carbocycles. The summed E-state index contributed by atoms with van der Waals surface area (Å²) in [4.78, 5) is 13.4. The van der Waals surface area contributed by atoms with Crippen LogP contribution in [0.2, 0.25) is 0 Å². The predicted octanol–water partition coefficient (Wildman–Crippen LogP) is 8.06. The largest absolute Gasteiger partial charge is 0.464 e. The van der Waals surface area contributed by atoms with Gasteiger partial charge in [0.1, 0.15) is 11.3 Å². The molecule has 0 fully saturated rings. The molecule has 1 N–H and O–H groups in total. The van der Waals surface area contributed by atoms with Crippen molar-refractivity contribution in [3.8, 4) is 0 Å². The van der Waals surface area contributed by atoms with Crippen molar-refractivity contribution in [3.05, 3.63) is 106 Å². The fourth-order valence-corrected chi connectivity index (χ4v) is 4.85. The standard InChI is InChI=1S/C27H18F7NO2S/c1-2-37-25(36)26(16-8-4-3-5-9-16,13-12-15-14-38-18-11-7-6-10-17(15)18)35-24-22(30)20(28)19(27(32,33)34)21(29)23(24)31/h3-14,35H,2H2,1H3/b13-12+. The molecule has 3 nitrogen and oxygen atoms in total. The summed E-state index contributed by atoms with van der Waals surface area (Å²) in [6, 6.07) is 14.6. The number of carbonyl (C=O) groups is 1. The van der Waals surface area contributed by atoms with Crippen LogP contribution in [0, 0.1) is 23.3 Å². The molecule has 0 radical (unpaired) electrons. The summed E-state index contributed by atoms with van der Waals surface area (Å²) in [5.41, 5.74) is -6.00. The van der Waals surface area contributed by atoms with E-state index in [1.54, 1.807) is 23.6 Å². The number of thiophene rings is 1. The number of anilines is 1. The van der Waals surface area contributed by atoms with Crippen LogP contribution in [0.1, 0.15) is 23.6 Å². The second-order valence-corrected chi connectivity index (χ2v) is 8.95. The highest BCUT2D eigenvalue weighted by Crippen LogP contribution is 2.41. The number of fused-ring (bicyclic) bond motifs is 1. The van der Waals surface area contributed by atoms with Gasteiger partial charge in [-0.05, 0) is 41.0 Å². The Morgan fingerprint density at radius 1 is 0.921 bits per heavy atom. The summed E-state index contributed by atoms with van der Waals surface area (Å²) in [6.07, 6.45) is -3.09. The van der Waals surface area contributed by atoms with E-state index in [4.69, 9.17) is 4.74 Å². The van der Waals surface area contributed by atoms with Gasteiger partial charge in [0, 0.05) is 4.70 Å². The van der Waals surface area contributed by atoms with E-state index >= 15 is 0 Å². The molecule has 1 heterocycles. The molecule has 198 valence electrons. The van der Waals surface area contributed by atoms with Gasteiger partial charge in [-0.15, -0.1) is 11.3 Å². The third-order valence-electron chi connectivity index (χ3n) is 5.72. The first-order valence-corrected chi connectivity index (χ1v) is 12.0. The van der Waals surface area contributed by atoms with Gasteiger partial charge < -0.3 is 10.1 Å². The Morgan fingerprint density at radius 3 is 2.13 bits per heavy atom. The fourth-order valence-electron chi connectivity index (χ4n) is 3.92. The predicted molar refractivity (Wildman–Crippen MR) is 131 cm³/mol. The van der Waals surface area contributed by atoms with Crippen molar-refractivity contribution < 1.29 is 40.3 Å². The number of nitrogens with one attached hydrogen (secondary N) is 1. The summed E-state index contributed by atoms with van der Waals surface area (Å²) in [7, 11) is 0. The van der Waals surface area contributed by atoms with Gasteiger partial charge in [0.05, 0.1) is 6.61 Å². The molecule has 4 aromatic rings. The lowest BCUT2D eigenvalue weighted by Crippen LogP contribution is -2.44. The van der Waals surface area contributed by atoms with E-state index in [2.05, 4.69) is 5.32 Å². The van der Waals surface area contributed by atoms with Gasteiger partial charge in [-0.1, -0.05) is 54.6 Å². The molecule has 0 aliphatic rings. The van der Waals surface area contributed by atoms with E-state index in [0.29, 0.717) is 5.56 Å². The molecule has 0 aliphatic carbocycles. The molecule has 0 bridgehead atoms. The maximum atomic E-state index is 14.9. The Kier molecular flexibility index (Phi) is 7.50. The SMILES string of the molecule is CCOC(=O)C(/C=C/c1csc2ccccc12)(Nc1c(F)c(F)c(C(F)(F)F)c(F)c1F)c1ccccc1. The zero-order valence-electron chi connectivity index (χ0n) is 19.5. The van der Waals surface area contributed by atoms with Crippen molar-refractivity contribution in [3.63, 3.8) is 0 Å². The van der Waals surface area contributed by atoms with Crippen molar-refractivity contribution >= 4 is 39.2 Å². The van der Waals surface area contributed by atoms with E-state index < -0.39 is 52.2 Å². The molecule has 1 unspecified atom stereocenters. The van der Waals surface area contributed by atoms with Gasteiger partial charge in [-0.3, -0.25) is 0 Å². The zero-order valence-corrected chi connectivity index (χ0v) is 20.3. The Labute approximate surface area is 216 Å². The highest BCUT2D eigenvalue weighted by Gasteiger charge is 2.46. The molecule has 11 heteroatoms. The molecule has 1 aromatic heterocycles. The normalized spacial score (nSPS) is 13.6. The van der Waals surface area contributed by atoms with Crippen LogP contribution in [0.25, 0.3) is 16.2 Å². The van der Waals surface area contributed by atoms with Crippen LogP contribution >= 0.6 is 11.3 Å². The molecule has 0 saturated heterocycles. The molecule has 0 aliphatic heterocycles. The highest BCUT2D eigenvalue weighted by atomic mass is 32.1. The molecular formula is C27H18F7NO2S. The summed E-state index contributed by atoms with van der Waals surface area (Å²) in [5, 5.41) is 4.68. The molecule has 38 heavy (non-hydrogen) atoms. The second-order valence-electron chi connectivity index (χ2n) is 8.04. The summed E-state index contributed by atoms with van der Waals surface area (Å²) in [5.74, 6) is -11.1. The number of carbonyl (C=O) groups excluding carboxylic acids is 1. The Bertz CT molecular complexity index is 1490. The molecule has 0 amide bonds. The van der Waals surface area contributed by atoms with Crippen molar-refractivity contribution in [2.45, 2.75) is 18.6 Å². The van der Waals surface area contributed by atoms with E-state index in [0.717, 1.165) is 10.1 Å². The molecular weight excluding hydrogens is 535 g/mol. The third kappa shape index (κ3) is 4.85. The van der Waals surface area contributed by atoms with Gasteiger partial charge in [0.2, 0.25) is 0 Å². The average molecular weight is 553 g/mol. The minimum absolute atomic E-state index is 0.0359. The first kappa shape index (κ1) is 27.2. The second kappa shape index (κ2) is 10.5. The van der Waals surface area contributed by atoms with Gasteiger partial charge >= 0.3 is 12.1 Å². The Hall–Kier alpha value is -3.86. The van der Waals surface area contributed by atoms with Gasteiger partial charge in [0.15, 0.2) is 28.8 Å². The summed E-state index contributed by atoms with van der Waals surface area (Å²) in [6.45, 7) is 1.27. The number of halogens is 7. The number of hydrogen-bond acceptors (Lipinski definition) is 4. The topological polar surface area (TPSA) is 38.3 Å². The van der Waals surface area contributed by atoms with E-state index in [9.17, 15) is 35.5 Å². The zero-order chi connectivity index (χ0) is 27.7.